The van der Waals surface area contributed by atoms with Crippen molar-refractivity contribution in [2.75, 3.05) is 0 Å². The van der Waals surface area contributed by atoms with Gasteiger partial charge in [0.15, 0.2) is 11.6 Å². The van der Waals surface area contributed by atoms with Crippen molar-refractivity contribution in [3.05, 3.63) is 69.4 Å². The molecule has 1 atom stereocenters. The molecule has 6 heteroatoms. The lowest BCUT2D eigenvalue weighted by molar-refractivity contribution is 0.469. The predicted molar refractivity (Wildman–Crippen MR) is 79.0 cm³/mol. The van der Waals surface area contributed by atoms with Crippen molar-refractivity contribution in [3.8, 4) is 0 Å². The highest BCUT2D eigenvalue weighted by molar-refractivity contribution is 9.10. The largest absolute Gasteiger partial charge is 0.271 e. The van der Waals surface area contributed by atoms with Gasteiger partial charge >= 0.3 is 0 Å². The number of hydrogen-bond donors (Lipinski definition) is 2. The van der Waals surface area contributed by atoms with E-state index in [9.17, 15) is 13.2 Å². The monoisotopic (exact) mass is 358 g/mol. The van der Waals surface area contributed by atoms with Gasteiger partial charge in [-0.3, -0.25) is 11.3 Å². The van der Waals surface area contributed by atoms with Crippen molar-refractivity contribution in [3.63, 3.8) is 0 Å². The molecule has 0 aliphatic heterocycles. The fourth-order valence-electron chi connectivity index (χ4n) is 2.13. The molecule has 0 fully saturated rings. The van der Waals surface area contributed by atoms with Gasteiger partial charge < -0.3 is 0 Å². The Morgan fingerprint density at radius 1 is 1.00 bits per heavy atom. The minimum absolute atomic E-state index is 0.159. The zero-order valence-electron chi connectivity index (χ0n) is 11.0. The summed E-state index contributed by atoms with van der Waals surface area (Å²) in [6, 6.07) is 8.14. The van der Waals surface area contributed by atoms with Gasteiger partial charge in [-0.2, -0.15) is 0 Å². The van der Waals surface area contributed by atoms with Gasteiger partial charge in [0.1, 0.15) is 5.82 Å². The van der Waals surface area contributed by atoms with Crippen LogP contribution in [0.25, 0.3) is 0 Å². The third-order valence-electron chi connectivity index (χ3n) is 3.21. The van der Waals surface area contributed by atoms with Gasteiger partial charge in [-0.15, -0.1) is 0 Å². The number of nitrogens with two attached hydrogens (primary N) is 1. The molecule has 0 aliphatic carbocycles. The summed E-state index contributed by atoms with van der Waals surface area (Å²) in [6.07, 6.45) is 0.420. The Hall–Kier alpha value is -1.37. The number of rotatable bonds is 5. The van der Waals surface area contributed by atoms with Crippen molar-refractivity contribution in [1.29, 1.82) is 0 Å². The summed E-state index contributed by atoms with van der Waals surface area (Å²) in [4.78, 5) is 0. The van der Waals surface area contributed by atoms with Crippen LogP contribution in [-0.4, -0.2) is 6.04 Å². The minimum Gasteiger partial charge on any atom is -0.271 e. The van der Waals surface area contributed by atoms with E-state index in [-0.39, 0.29) is 24.2 Å². The van der Waals surface area contributed by atoms with E-state index in [1.165, 1.54) is 18.2 Å². The summed E-state index contributed by atoms with van der Waals surface area (Å²) >= 11 is 3.27. The second-order valence-electron chi connectivity index (χ2n) is 4.72. The third-order valence-corrected chi connectivity index (χ3v) is 3.70. The molecule has 0 heterocycles. The van der Waals surface area contributed by atoms with Crippen LogP contribution >= 0.6 is 15.9 Å². The second kappa shape index (κ2) is 7.06. The zero-order chi connectivity index (χ0) is 15.4. The van der Waals surface area contributed by atoms with E-state index >= 15 is 0 Å². The molecule has 112 valence electrons. The molecule has 2 nitrogen and oxygen atoms in total. The minimum atomic E-state index is -0.906. The highest BCUT2D eigenvalue weighted by Gasteiger charge is 2.16. The zero-order valence-corrected chi connectivity index (χ0v) is 12.6. The first-order valence-electron chi connectivity index (χ1n) is 6.34. The fraction of sp³-hybridized carbons (Fsp3) is 0.200. The predicted octanol–water partition coefficient (Wildman–Crippen LogP) is 3.48. The average Bonchev–Trinajstić information content (AvgIpc) is 2.46. The van der Waals surface area contributed by atoms with Crippen LogP contribution in [0.15, 0.2) is 40.9 Å². The molecule has 0 spiro atoms. The first kappa shape index (κ1) is 16.0. The quantitative estimate of drug-likeness (QED) is 0.634. The molecule has 3 N–H and O–H groups in total. The molecule has 1 unspecified atom stereocenters. The maximum Gasteiger partial charge on any atom is 0.162 e. The van der Waals surface area contributed by atoms with Gasteiger partial charge in [-0.25, -0.2) is 13.2 Å². The number of benzene rings is 2. The topological polar surface area (TPSA) is 38.0 Å². The molecule has 0 bridgehead atoms. The van der Waals surface area contributed by atoms with Crippen molar-refractivity contribution in [2.45, 2.75) is 18.9 Å². The van der Waals surface area contributed by atoms with E-state index in [1.54, 1.807) is 12.1 Å². The summed E-state index contributed by atoms with van der Waals surface area (Å²) in [7, 11) is 0. The Balaban J connectivity index is 2.17. The van der Waals surface area contributed by atoms with Crippen molar-refractivity contribution in [1.82, 2.24) is 5.43 Å². The Morgan fingerprint density at radius 2 is 1.71 bits per heavy atom. The van der Waals surface area contributed by atoms with Gasteiger partial charge in [0, 0.05) is 10.5 Å². The van der Waals surface area contributed by atoms with Gasteiger partial charge in [0.2, 0.25) is 0 Å². The summed E-state index contributed by atoms with van der Waals surface area (Å²) in [5.74, 6) is 3.28. The SMILES string of the molecule is NNC(Cc1cc(Br)ccc1F)Cc1cccc(F)c1F. The maximum atomic E-state index is 13.7. The van der Waals surface area contributed by atoms with Gasteiger partial charge in [-0.05, 0) is 48.2 Å². The van der Waals surface area contributed by atoms with E-state index in [0.717, 1.165) is 10.5 Å². The Labute approximate surface area is 129 Å². The molecule has 0 aliphatic rings. The molecule has 21 heavy (non-hydrogen) atoms. The van der Waals surface area contributed by atoms with Crippen LogP contribution in [0, 0.1) is 17.5 Å². The van der Waals surface area contributed by atoms with E-state index < -0.39 is 17.7 Å². The summed E-state index contributed by atoms with van der Waals surface area (Å²) < 4.78 is 41.3. The molecular weight excluding hydrogens is 345 g/mol. The standard InChI is InChI=1S/C15H14BrF3N2/c16-11-4-5-13(17)10(6-11)8-12(21-20)7-9-2-1-3-14(18)15(9)19/h1-6,12,21H,7-8,20H2. The Bertz CT molecular complexity index is 630. The van der Waals surface area contributed by atoms with Gasteiger partial charge in [-0.1, -0.05) is 28.1 Å². The fourth-order valence-corrected chi connectivity index (χ4v) is 2.54. The summed E-state index contributed by atoms with van der Waals surface area (Å²) in [6.45, 7) is 0. The Kier molecular flexibility index (Phi) is 5.39. The van der Waals surface area contributed by atoms with E-state index in [1.807, 2.05) is 0 Å². The van der Waals surface area contributed by atoms with Crippen molar-refractivity contribution in [2.24, 2.45) is 5.84 Å². The molecule has 2 aromatic carbocycles. The highest BCUT2D eigenvalue weighted by atomic mass is 79.9. The number of hydrogen-bond acceptors (Lipinski definition) is 2. The van der Waals surface area contributed by atoms with Crippen LogP contribution in [0.1, 0.15) is 11.1 Å². The molecule has 0 saturated carbocycles. The van der Waals surface area contributed by atoms with Gasteiger partial charge in [0.25, 0.3) is 0 Å². The molecule has 2 aromatic rings. The van der Waals surface area contributed by atoms with E-state index in [2.05, 4.69) is 21.4 Å². The average molecular weight is 359 g/mol. The van der Waals surface area contributed by atoms with Crippen molar-refractivity contribution < 1.29 is 13.2 Å². The molecular formula is C15H14BrF3N2. The first-order chi connectivity index (χ1) is 10.0. The maximum absolute atomic E-state index is 13.7. The lowest BCUT2D eigenvalue weighted by Gasteiger charge is -2.17. The third kappa shape index (κ3) is 4.06. The molecule has 0 amide bonds. The van der Waals surface area contributed by atoms with Crippen LogP contribution in [0.4, 0.5) is 13.2 Å². The first-order valence-corrected chi connectivity index (χ1v) is 7.13. The molecule has 2 rings (SSSR count). The van der Waals surface area contributed by atoms with E-state index in [0.29, 0.717) is 5.56 Å². The summed E-state index contributed by atoms with van der Waals surface area (Å²) in [5, 5.41) is 0. The van der Waals surface area contributed by atoms with Crippen LogP contribution in [0.3, 0.4) is 0 Å². The van der Waals surface area contributed by atoms with Crippen LogP contribution in [0.2, 0.25) is 0 Å². The molecule has 0 saturated heterocycles. The lowest BCUT2D eigenvalue weighted by atomic mass is 9.99. The number of hydrazine groups is 1. The normalized spacial score (nSPS) is 12.4. The number of nitrogens with one attached hydrogen (secondary N) is 1. The van der Waals surface area contributed by atoms with Crippen LogP contribution in [-0.2, 0) is 12.8 Å². The van der Waals surface area contributed by atoms with E-state index in [4.69, 9.17) is 5.84 Å². The summed E-state index contributed by atoms with van der Waals surface area (Å²) in [5.41, 5.74) is 3.17. The molecule has 0 aromatic heterocycles. The highest BCUT2D eigenvalue weighted by Crippen LogP contribution is 2.19. The van der Waals surface area contributed by atoms with Gasteiger partial charge in [0.05, 0.1) is 0 Å². The number of halogens is 4. The lowest BCUT2D eigenvalue weighted by Crippen LogP contribution is -2.38. The second-order valence-corrected chi connectivity index (χ2v) is 5.64. The Morgan fingerprint density at radius 3 is 2.43 bits per heavy atom. The van der Waals surface area contributed by atoms with Crippen LogP contribution < -0.4 is 11.3 Å². The van der Waals surface area contributed by atoms with Crippen molar-refractivity contribution >= 4 is 15.9 Å². The smallest absolute Gasteiger partial charge is 0.162 e. The van der Waals surface area contributed by atoms with Crippen LogP contribution in [0.5, 0.6) is 0 Å². The molecule has 0 radical (unpaired) electrons.